The van der Waals surface area contributed by atoms with E-state index in [-0.39, 0.29) is 0 Å². The second-order valence-electron chi connectivity index (χ2n) is 12.3. The van der Waals surface area contributed by atoms with Crippen LogP contribution in [0.1, 0.15) is 33.4 Å². The first-order valence-electron chi connectivity index (χ1n) is 16.0. The van der Waals surface area contributed by atoms with Crippen LogP contribution < -0.4 is 26.0 Å². The number of aryl methyl sites for hydroxylation is 6. The lowest BCUT2D eigenvalue weighted by Crippen LogP contribution is -2.01. The smallest absolute Gasteiger partial charge is 0.129 e. The Morgan fingerprint density at radius 1 is 0.362 bits per heavy atom. The van der Waals surface area contributed by atoms with Gasteiger partial charge < -0.3 is 26.0 Å². The van der Waals surface area contributed by atoms with Gasteiger partial charge >= 0.3 is 0 Å². The van der Waals surface area contributed by atoms with Crippen molar-refractivity contribution in [3.63, 3.8) is 0 Å². The SMILES string of the molecule is Cc1cc(C)c(Nc2ccccc2Nc2cccc(Oc3cccc(Nc4ccccc4Nc4c(C)cc(C)cc4C)c3)c2)c(C)c1. The molecule has 0 fully saturated rings. The lowest BCUT2D eigenvalue weighted by atomic mass is 10.0. The van der Waals surface area contributed by atoms with Crippen molar-refractivity contribution in [1.29, 1.82) is 0 Å². The predicted octanol–water partition coefficient (Wildman–Crippen LogP) is 12.3. The number of nitrogens with one attached hydrogen (secondary N) is 4. The molecule has 0 saturated heterocycles. The van der Waals surface area contributed by atoms with Crippen LogP contribution in [-0.2, 0) is 0 Å². The minimum Gasteiger partial charge on any atom is -0.457 e. The average molecular weight is 619 g/mol. The highest BCUT2D eigenvalue weighted by Crippen LogP contribution is 2.35. The molecule has 4 N–H and O–H groups in total. The van der Waals surface area contributed by atoms with Crippen molar-refractivity contribution in [3.8, 4) is 11.5 Å². The molecule has 0 spiro atoms. The van der Waals surface area contributed by atoms with Crippen molar-refractivity contribution in [2.75, 3.05) is 21.3 Å². The Hall–Kier alpha value is -5.68. The van der Waals surface area contributed by atoms with E-state index >= 15 is 0 Å². The molecule has 0 unspecified atom stereocenters. The molecular formula is C42H42N4O. The van der Waals surface area contributed by atoms with E-state index in [1.165, 1.54) is 33.4 Å². The van der Waals surface area contributed by atoms with Crippen LogP contribution >= 0.6 is 0 Å². The number of anilines is 8. The summed E-state index contributed by atoms with van der Waals surface area (Å²) in [5, 5.41) is 14.5. The number of benzene rings is 6. The molecule has 47 heavy (non-hydrogen) atoms. The van der Waals surface area contributed by atoms with Crippen molar-refractivity contribution in [1.82, 2.24) is 0 Å². The first-order valence-corrected chi connectivity index (χ1v) is 16.0. The molecule has 0 saturated carbocycles. The molecule has 0 heterocycles. The minimum absolute atomic E-state index is 0.746. The van der Waals surface area contributed by atoms with Crippen LogP contribution in [-0.4, -0.2) is 0 Å². The van der Waals surface area contributed by atoms with Crippen molar-refractivity contribution in [3.05, 3.63) is 155 Å². The largest absolute Gasteiger partial charge is 0.457 e. The minimum atomic E-state index is 0.746. The standard InChI is InChI=1S/C42H42N4O/c1-27-21-29(3)41(30(4)22-27)45-39-19-9-7-17-37(39)43-33-13-11-15-35(25-33)47-36-16-12-14-34(26-36)44-38-18-8-10-20-40(38)46-42-31(5)23-28(2)24-32(42)6/h7-26,43-46H,1-6H3. The van der Waals surface area contributed by atoms with Crippen molar-refractivity contribution < 1.29 is 4.74 Å². The van der Waals surface area contributed by atoms with Gasteiger partial charge in [0.2, 0.25) is 0 Å². The zero-order valence-electron chi connectivity index (χ0n) is 28.0. The molecule has 0 aliphatic carbocycles. The van der Waals surface area contributed by atoms with E-state index in [1.54, 1.807) is 0 Å². The molecule has 0 bridgehead atoms. The van der Waals surface area contributed by atoms with E-state index in [0.717, 1.165) is 57.0 Å². The van der Waals surface area contributed by atoms with Gasteiger partial charge in [0.1, 0.15) is 11.5 Å². The Labute approximate surface area is 278 Å². The van der Waals surface area contributed by atoms with Gasteiger partial charge in [-0.05, 0) is 112 Å². The van der Waals surface area contributed by atoms with Gasteiger partial charge in [0.15, 0.2) is 0 Å². The second kappa shape index (κ2) is 13.8. The first kappa shape index (κ1) is 31.3. The Morgan fingerprint density at radius 2 is 0.702 bits per heavy atom. The molecule has 0 aliphatic heterocycles. The van der Waals surface area contributed by atoms with E-state index in [9.17, 15) is 0 Å². The molecular weight excluding hydrogens is 576 g/mol. The molecule has 0 aromatic heterocycles. The zero-order valence-corrected chi connectivity index (χ0v) is 28.0. The summed E-state index contributed by atoms with van der Waals surface area (Å²) in [5.41, 5.74) is 15.5. The lowest BCUT2D eigenvalue weighted by Gasteiger charge is -2.18. The van der Waals surface area contributed by atoms with Gasteiger partial charge in [0, 0.05) is 34.9 Å². The number of hydrogen-bond acceptors (Lipinski definition) is 5. The first-order chi connectivity index (χ1) is 22.7. The third-order valence-electron chi connectivity index (χ3n) is 8.19. The van der Waals surface area contributed by atoms with Gasteiger partial charge in [-0.1, -0.05) is 71.8 Å². The van der Waals surface area contributed by atoms with E-state index in [2.05, 4.69) is 111 Å². The van der Waals surface area contributed by atoms with Crippen LogP contribution in [0.4, 0.5) is 45.5 Å². The van der Waals surface area contributed by atoms with E-state index in [4.69, 9.17) is 4.74 Å². The fourth-order valence-corrected chi connectivity index (χ4v) is 6.15. The van der Waals surface area contributed by atoms with Crippen LogP contribution in [0.15, 0.2) is 121 Å². The van der Waals surface area contributed by atoms with E-state index in [0.29, 0.717) is 0 Å². The molecule has 0 aliphatic rings. The molecule has 6 rings (SSSR count). The average Bonchev–Trinajstić information content (AvgIpc) is 3.02. The molecule has 5 nitrogen and oxygen atoms in total. The Kier molecular flexibility index (Phi) is 9.16. The third-order valence-corrected chi connectivity index (χ3v) is 8.19. The van der Waals surface area contributed by atoms with Crippen molar-refractivity contribution in [2.24, 2.45) is 0 Å². The Balaban J connectivity index is 1.17. The van der Waals surface area contributed by atoms with Gasteiger partial charge in [-0.3, -0.25) is 0 Å². The summed E-state index contributed by atoms with van der Waals surface area (Å²) >= 11 is 0. The monoisotopic (exact) mass is 618 g/mol. The van der Waals surface area contributed by atoms with Gasteiger partial charge in [-0.25, -0.2) is 0 Å². The number of hydrogen-bond donors (Lipinski definition) is 4. The Bertz CT molecular complexity index is 1860. The molecule has 6 aromatic carbocycles. The number of ether oxygens (including phenoxy) is 1. The van der Waals surface area contributed by atoms with Crippen LogP contribution in [0.25, 0.3) is 0 Å². The fourth-order valence-electron chi connectivity index (χ4n) is 6.15. The van der Waals surface area contributed by atoms with Crippen molar-refractivity contribution >= 4 is 45.5 Å². The molecule has 236 valence electrons. The van der Waals surface area contributed by atoms with Gasteiger partial charge in [-0.2, -0.15) is 0 Å². The fraction of sp³-hybridized carbons (Fsp3) is 0.143. The Morgan fingerprint density at radius 3 is 1.06 bits per heavy atom. The summed E-state index contributed by atoms with van der Waals surface area (Å²) < 4.78 is 6.36. The van der Waals surface area contributed by atoms with Crippen molar-refractivity contribution in [2.45, 2.75) is 41.5 Å². The second-order valence-corrected chi connectivity index (χ2v) is 12.3. The lowest BCUT2D eigenvalue weighted by molar-refractivity contribution is 0.483. The van der Waals surface area contributed by atoms with E-state index in [1.807, 2.05) is 72.8 Å². The van der Waals surface area contributed by atoms with Gasteiger partial charge in [0.05, 0.1) is 22.7 Å². The maximum absolute atomic E-state index is 6.36. The quantitative estimate of drug-likeness (QED) is 0.123. The summed E-state index contributed by atoms with van der Waals surface area (Å²) in [7, 11) is 0. The number of rotatable bonds is 10. The molecule has 0 radical (unpaired) electrons. The van der Waals surface area contributed by atoms with E-state index < -0.39 is 0 Å². The summed E-state index contributed by atoms with van der Waals surface area (Å²) in [6.45, 7) is 12.8. The summed E-state index contributed by atoms with van der Waals surface area (Å²) in [6, 6.07) is 41.4. The van der Waals surface area contributed by atoms with Crippen LogP contribution in [0.2, 0.25) is 0 Å². The predicted molar refractivity (Wildman–Crippen MR) is 200 cm³/mol. The maximum Gasteiger partial charge on any atom is 0.129 e. The maximum atomic E-state index is 6.36. The van der Waals surface area contributed by atoms with Crippen LogP contribution in [0, 0.1) is 41.5 Å². The zero-order chi connectivity index (χ0) is 32.9. The molecule has 0 atom stereocenters. The highest BCUT2D eigenvalue weighted by atomic mass is 16.5. The third kappa shape index (κ3) is 7.59. The van der Waals surface area contributed by atoms with Gasteiger partial charge in [0.25, 0.3) is 0 Å². The normalized spacial score (nSPS) is 10.8. The molecule has 0 amide bonds. The van der Waals surface area contributed by atoms with Crippen LogP contribution in [0.5, 0.6) is 11.5 Å². The highest BCUT2D eigenvalue weighted by Gasteiger charge is 2.11. The van der Waals surface area contributed by atoms with Gasteiger partial charge in [-0.15, -0.1) is 0 Å². The summed E-state index contributed by atoms with van der Waals surface area (Å²) in [5.74, 6) is 1.49. The summed E-state index contributed by atoms with van der Waals surface area (Å²) in [6.07, 6.45) is 0. The summed E-state index contributed by atoms with van der Waals surface area (Å²) in [4.78, 5) is 0. The topological polar surface area (TPSA) is 57.4 Å². The van der Waals surface area contributed by atoms with Crippen LogP contribution in [0.3, 0.4) is 0 Å². The highest BCUT2D eigenvalue weighted by molar-refractivity contribution is 5.81. The molecule has 5 heteroatoms. The molecule has 6 aromatic rings. The number of para-hydroxylation sites is 4.